The van der Waals surface area contributed by atoms with Crippen LogP contribution < -0.4 is 5.32 Å². The number of aromatic nitrogens is 2. The van der Waals surface area contributed by atoms with Crippen LogP contribution in [-0.2, 0) is 19.5 Å². The minimum absolute atomic E-state index is 0.318. The first-order valence-electron chi connectivity index (χ1n) is 6.29. The molecule has 4 nitrogen and oxygen atoms in total. The second kappa shape index (κ2) is 6.21. The second-order valence-corrected chi connectivity index (χ2v) is 4.23. The standard InChI is InChI=1S/C14H19N3O/c1-2-17-13(8-10-16-17)11-15-9-7-12-3-5-14(18)6-4-12/h3-6,8,10,15,18H,2,7,9,11H2,1H3. The first-order chi connectivity index (χ1) is 8.79. The molecule has 2 N–H and O–H groups in total. The van der Waals surface area contributed by atoms with Crippen LogP contribution in [-0.4, -0.2) is 21.4 Å². The van der Waals surface area contributed by atoms with E-state index < -0.39 is 0 Å². The summed E-state index contributed by atoms with van der Waals surface area (Å²) in [6.45, 7) is 4.75. The molecule has 2 rings (SSSR count). The summed E-state index contributed by atoms with van der Waals surface area (Å²) in [7, 11) is 0. The van der Waals surface area contributed by atoms with Crippen molar-refractivity contribution in [2.45, 2.75) is 26.4 Å². The SMILES string of the molecule is CCn1nccc1CNCCc1ccc(O)cc1. The minimum Gasteiger partial charge on any atom is -0.508 e. The zero-order chi connectivity index (χ0) is 12.8. The molecule has 0 spiro atoms. The van der Waals surface area contributed by atoms with Gasteiger partial charge in [-0.25, -0.2) is 0 Å². The summed E-state index contributed by atoms with van der Waals surface area (Å²) in [6, 6.07) is 9.39. The van der Waals surface area contributed by atoms with Gasteiger partial charge in [-0.15, -0.1) is 0 Å². The van der Waals surface area contributed by atoms with Gasteiger partial charge in [0.05, 0.1) is 5.69 Å². The molecule has 0 unspecified atom stereocenters. The van der Waals surface area contributed by atoms with Crippen molar-refractivity contribution in [1.29, 1.82) is 0 Å². The van der Waals surface area contributed by atoms with Gasteiger partial charge in [0.15, 0.2) is 0 Å². The Morgan fingerprint density at radius 1 is 1.22 bits per heavy atom. The summed E-state index contributed by atoms with van der Waals surface area (Å²) in [5, 5.41) is 16.8. The van der Waals surface area contributed by atoms with Crippen LogP contribution in [0.5, 0.6) is 5.75 Å². The van der Waals surface area contributed by atoms with Crippen LogP contribution in [0.15, 0.2) is 36.5 Å². The van der Waals surface area contributed by atoms with E-state index in [9.17, 15) is 5.11 Å². The maximum Gasteiger partial charge on any atom is 0.115 e. The van der Waals surface area contributed by atoms with E-state index in [2.05, 4.69) is 17.3 Å². The summed E-state index contributed by atoms with van der Waals surface area (Å²) in [5.74, 6) is 0.318. The van der Waals surface area contributed by atoms with E-state index in [0.717, 1.165) is 26.1 Å². The quantitative estimate of drug-likeness (QED) is 0.765. The largest absolute Gasteiger partial charge is 0.508 e. The van der Waals surface area contributed by atoms with E-state index in [1.807, 2.05) is 29.1 Å². The van der Waals surface area contributed by atoms with E-state index in [4.69, 9.17) is 0 Å². The zero-order valence-corrected chi connectivity index (χ0v) is 10.6. The first kappa shape index (κ1) is 12.6. The average molecular weight is 245 g/mol. The van der Waals surface area contributed by atoms with Crippen LogP contribution in [0, 0.1) is 0 Å². The van der Waals surface area contributed by atoms with Crippen molar-refractivity contribution in [3.63, 3.8) is 0 Å². The summed E-state index contributed by atoms with van der Waals surface area (Å²) < 4.78 is 1.99. The number of rotatable bonds is 6. The van der Waals surface area contributed by atoms with Gasteiger partial charge in [0.1, 0.15) is 5.75 Å². The number of nitrogens with zero attached hydrogens (tertiary/aromatic N) is 2. The molecule has 1 heterocycles. The molecule has 0 atom stereocenters. The van der Waals surface area contributed by atoms with Crippen LogP contribution in [0.25, 0.3) is 0 Å². The van der Waals surface area contributed by atoms with Gasteiger partial charge in [-0.1, -0.05) is 12.1 Å². The minimum atomic E-state index is 0.318. The van der Waals surface area contributed by atoms with Gasteiger partial charge in [-0.3, -0.25) is 4.68 Å². The predicted octanol–water partition coefficient (Wildman–Crippen LogP) is 1.94. The second-order valence-electron chi connectivity index (χ2n) is 4.23. The van der Waals surface area contributed by atoms with Crippen molar-refractivity contribution in [3.8, 4) is 5.75 Å². The zero-order valence-electron chi connectivity index (χ0n) is 10.6. The first-order valence-corrected chi connectivity index (χ1v) is 6.29. The Morgan fingerprint density at radius 2 is 2.00 bits per heavy atom. The number of hydrogen-bond donors (Lipinski definition) is 2. The number of aromatic hydroxyl groups is 1. The Bertz CT molecular complexity index is 476. The number of benzene rings is 1. The predicted molar refractivity (Wildman–Crippen MR) is 71.4 cm³/mol. The van der Waals surface area contributed by atoms with Crippen molar-refractivity contribution >= 4 is 0 Å². The molecular formula is C14H19N3O. The molecule has 0 aliphatic rings. The van der Waals surface area contributed by atoms with Crippen LogP contribution >= 0.6 is 0 Å². The van der Waals surface area contributed by atoms with Crippen LogP contribution in [0.4, 0.5) is 0 Å². The number of aryl methyl sites for hydroxylation is 1. The normalized spacial score (nSPS) is 10.7. The third-order valence-corrected chi connectivity index (χ3v) is 2.94. The highest BCUT2D eigenvalue weighted by molar-refractivity contribution is 5.25. The Kier molecular flexibility index (Phi) is 4.36. The van der Waals surface area contributed by atoms with Crippen molar-refractivity contribution in [3.05, 3.63) is 47.8 Å². The van der Waals surface area contributed by atoms with Crippen LogP contribution in [0.2, 0.25) is 0 Å². The molecular weight excluding hydrogens is 226 g/mol. The monoisotopic (exact) mass is 245 g/mol. The molecule has 0 bridgehead atoms. The van der Waals surface area contributed by atoms with Gasteiger partial charge in [-0.05, 0) is 43.7 Å². The van der Waals surface area contributed by atoms with Crippen molar-refractivity contribution in [1.82, 2.24) is 15.1 Å². The van der Waals surface area contributed by atoms with Gasteiger partial charge in [0, 0.05) is 19.3 Å². The van der Waals surface area contributed by atoms with Crippen molar-refractivity contribution in [2.24, 2.45) is 0 Å². The maximum absolute atomic E-state index is 9.19. The van der Waals surface area contributed by atoms with E-state index in [1.165, 1.54) is 11.3 Å². The highest BCUT2D eigenvalue weighted by Gasteiger charge is 1.99. The van der Waals surface area contributed by atoms with Gasteiger partial charge in [0.2, 0.25) is 0 Å². The van der Waals surface area contributed by atoms with Crippen molar-refractivity contribution < 1.29 is 5.11 Å². The highest BCUT2D eigenvalue weighted by atomic mass is 16.3. The van der Waals surface area contributed by atoms with Crippen LogP contribution in [0.3, 0.4) is 0 Å². The van der Waals surface area contributed by atoms with Gasteiger partial charge in [-0.2, -0.15) is 5.10 Å². The van der Waals surface area contributed by atoms with E-state index >= 15 is 0 Å². The van der Waals surface area contributed by atoms with Crippen molar-refractivity contribution in [2.75, 3.05) is 6.54 Å². The third kappa shape index (κ3) is 3.34. The lowest BCUT2D eigenvalue weighted by atomic mass is 10.1. The molecule has 0 fully saturated rings. The van der Waals surface area contributed by atoms with E-state index in [1.54, 1.807) is 12.1 Å². The fraction of sp³-hybridized carbons (Fsp3) is 0.357. The van der Waals surface area contributed by atoms with Gasteiger partial charge >= 0.3 is 0 Å². The summed E-state index contributed by atoms with van der Waals surface area (Å²) >= 11 is 0. The maximum atomic E-state index is 9.19. The molecule has 0 aliphatic carbocycles. The molecule has 2 aromatic rings. The molecule has 0 radical (unpaired) electrons. The third-order valence-electron chi connectivity index (χ3n) is 2.94. The number of phenolic OH excluding ortho intramolecular Hbond substituents is 1. The molecule has 0 aliphatic heterocycles. The van der Waals surface area contributed by atoms with E-state index in [-0.39, 0.29) is 0 Å². The van der Waals surface area contributed by atoms with E-state index in [0.29, 0.717) is 5.75 Å². The lowest BCUT2D eigenvalue weighted by Crippen LogP contribution is -2.19. The number of nitrogens with one attached hydrogen (secondary N) is 1. The summed E-state index contributed by atoms with van der Waals surface area (Å²) in [5.41, 5.74) is 2.44. The number of phenols is 1. The Labute approximate surface area is 107 Å². The Hall–Kier alpha value is -1.81. The molecule has 1 aromatic heterocycles. The Balaban J connectivity index is 1.74. The fourth-order valence-corrected chi connectivity index (χ4v) is 1.91. The molecule has 0 saturated heterocycles. The summed E-state index contributed by atoms with van der Waals surface area (Å²) in [6.07, 6.45) is 2.79. The highest BCUT2D eigenvalue weighted by Crippen LogP contribution is 2.09. The average Bonchev–Trinajstić information content (AvgIpc) is 2.84. The molecule has 0 saturated carbocycles. The lowest BCUT2D eigenvalue weighted by molar-refractivity contribution is 0.475. The summed E-state index contributed by atoms with van der Waals surface area (Å²) in [4.78, 5) is 0. The Morgan fingerprint density at radius 3 is 2.72 bits per heavy atom. The van der Waals surface area contributed by atoms with Crippen LogP contribution in [0.1, 0.15) is 18.2 Å². The lowest BCUT2D eigenvalue weighted by Gasteiger charge is -2.07. The van der Waals surface area contributed by atoms with Gasteiger partial charge in [0.25, 0.3) is 0 Å². The molecule has 4 heteroatoms. The molecule has 0 amide bonds. The smallest absolute Gasteiger partial charge is 0.115 e. The fourth-order valence-electron chi connectivity index (χ4n) is 1.91. The van der Waals surface area contributed by atoms with Gasteiger partial charge < -0.3 is 10.4 Å². The molecule has 96 valence electrons. The molecule has 1 aromatic carbocycles. The molecule has 18 heavy (non-hydrogen) atoms. The number of hydrogen-bond acceptors (Lipinski definition) is 3. The topological polar surface area (TPSA) is 50.1 Å².